The molecule has 2 heterocycles. The largest absolute Gasteiger partial charge is 0.441 e. The monoisotopic (exact) mass is 451 g/mol. The molecule has 0 aliphatic carbocycles. The van der Waals surface area contributed by atoms with Crippen LogP contribution in [0.1, 0.15) is 11.5 Å². The lowest BCUT2D eigenvalue weighted by atomic mass is 9.93. The van der Waals surface area contributed by atoms with Gasteiger partial charge in [-0.2, -0.15) is 8.42 Å². The summed E-state index contributed by atoms with van der Waals surface area (Å²) in [4.78, 5) is 23.1. The summed E-state index contributed by atoms with van der Waals surface area (Å²) in [6.07, 6.45) is -1.67. The summed E-state index contributed by atoms with van der Waals surface area (Å²) in [5.74, 6) is -0.329. The fraction of sp³-hybridized carbons (Fsp3) is 0.316. The van der Waals surface area contributed by atoms with Crippen molar-refractivity contribution in [1.29, 1.82) is 0 Å². The molecule has 2 aromatic carbocycles. The third-order valence-corrected chi connectivity index (χ3v) is 6.39. The van der Waals surface area contributed by atoms with Gasteiger partial charge in [-0.3, -0.25) is 19.2 Å². The summed E-state index contributed by atoms with van der Waals surface area (Å²) in [5.41, 5.74) is 0.465. The smallest absolute Gasteiger partial charge is 0.414 e. The van der Waals surface area contributed by atoms with Gasteiger partial charge in [-0.25, -0.2) is 9.18 Å². The topological polar surface area (TPSA) is 128 Å². The number of rotatable bonds is 7. The Labute approximate surface area is 176 Å². The zero-order chi connectivity index (χ0) is 22.2. The second-order valence-electron chi connectivity index (χ2n) is 7.17. The van der Waals surface area contributed by atoms with Gasteiger partial charge in [0.2, 0.25) is 0 Å². The lowest BCUT2D eigenvalue weighted by molar-refractivity contribution is -0.385. The molecule has 1 atom stereocenters. The number of nitro groups is 1. The molecule has 164 valence electrons. The van der Waals surface area contributed by atoms with Crippen LogP contribution in [-0.4, -0.2) is 51.8 Å². The van der Waals surface area contributed by atoms with Gasteiger partial charge in [0.15, 0.2) is 0 Å². The quantitative estimate of drug-likeness (QED) is 0.385. The lowest BCUT2D eigenvalue weighted by Crippen LogP contribution is -2.40. The molecule has 0 spiro atoms. The van der Waals surface area contributed by atoms with E-state index in [1.165, 1.54) is 17.0 Å². The molecule has 0 bridgehead atoms. The summed E-state index contributed by atoms with van der Waals surface area (Å²) < 4.78 is 49.1. The van der Waals surface area contributed by atoms with Gasteiger partial charge in [0.1, 0.15) is 23.4 Å². The Balaban J connectivity index is 1.41. The Morgan fingerprint density at radius 3 is 2.68 bits per heavy atom. The lowest BCUT2D eigenvalue weighted by Gasteiger charge is -2.28. The van der Waals surface area contributed by atoms with Crippen molar-refractivity contribution in [2.45, 2.75) is 16.9 Å². The number of ether oxygens (including phenoxy) is 1. The summed E-state index contributed by atoms with van der Waals surface area (Å²) >= 11 is 0. The number of nitrogens with zero attached hydrogens (tertiary/aromatic N) is 2. The fourth-order valence-corrected chi connectivity index (χ4v) is 4.31. The van der Waals surface area contributed by atoms with Crippen molar-refractivity contribution in [2.24, 2.45) is 0 Å². The Kier molecular flexibility index (Phi) is 5.60. The number of hydrogen-bond acceptors (Lipinski definition) is 8. The molecule has 12 heteroatoms. The van der Waals surface area contributed by atoms with Gasteiger partial charge in [0, 0.05) is 31.1 Å². The van der Waals surface area contributed by atoms with E-state index < -0.39 is 45.4 Å². The number of non-ortho nitro benzene ring substituents is 1. The minimum absolute atomic E-state index is 0.0347. The Hall–Kier alpha value is -3.09. The third kappa shape index (κ3) is 4.36. The normalized spacial score (nSPS) is 19.2. The molecule has 0 aromatic heterocycles. The Morgan fingerprint density at radius 2 is 2.03 bits per heavy atom. The molecular formula is C19H18FN3O7S. The molecule has 2 aliphatic heterocycles. The first-order valence-corrected chi connectivity index (χ1v) is 10.8. The van der Waals surface area contributed by atoms with Crippen LogP contribution in [0.3, 0.4) is 0 Å². The first-order valence-electron chi connectivity index (χ1n) is 9.37. The molecule has 1 amide bonds. The van der Waals surface area contributed by atoms with Crippen LogP contribution in [0.5, 0.6) is 0 Å². The van der Waals surface area contributed by atoms with E-state index in [9.17, 15) is 27.7 Å². The molecule has 10 nitrogen and oxygen atoms in total. The van der Waals surface area contributed by atoms with E-state index >= 15 is 0 Å². The number of anilines is 1. The van der Waals surface area contributed by atoms with E-state index in [-0.39, 0.29) is 17.4 Å². The van der Waals surface area contributed by atoms with Crippen LogP contribution in [0.15, 0.2) is 47.4 Å². The summed E-state index contributed by atoms with van der Waals surface area (Å²) in [5, 5.41) is 13.9. The van der Waals surface area contributed by atoms with Crippen LogP contribution in [-0.2, 0) is 19.0 Å². The summed E-state index contributed by atoms with van der Waals surface area (Å²) in [7, 11) is -4.30. The predicted molar refractivity (Wildman–Crippen MR) is 106 cm³/mol. The molecule has 2 fully saturated rings. The fourth-order valence-electron chi connectivity index (χ4n) is 3.33. The minimum atomic E-state index is -4.30. The molecular weight excluding hydrogens is 433 g/mol. The van der Waals surface area contributed by atoms with E-state index in [4.69, 9.17) is 8.92 Å². The van der Waals surface area contributed by atoms with E-state index in [1.807, 2.05) is 0 Å². The Bertz CT molecular complexity index is 1140. The van der Waals surface area contributed by atoms with Crippen molar-refractivity contribution in [3.8, 4) is 0 Å². The van der Waals surface area contributed by atoms with Gasteiger partial charge in [-0.15, -0.1) is 0 Å². The number of nitro benzene ring substituents is 1. The van der Waals surface area contributed by atoms with E-state index in [0.29, 0.717) is 24.3 Å². The average Bonchev–Trinajstić information content (AvgIpc) is 3.07. The number of carbonyl (C=O) groups is 1. The number of halogens is 1. The maximum absolute atomic E-state index is 14.4. The third-order valence-electron chi connectivity index (χ3n) is 5.12. The molecule has 1 N–H and O–H groups in total. The number of carbonyl (C=O) groups excluding carboxylic acids is 1. The maximum atomic E-state index is 14.4. The van der Waals surface area contributed by atoms with Crippen LogP contribution in [0.2, 0.25) is 0 Å². The van der Waals surface area contributed by atoms with Gasteiger partial charge in [0.25, 0.3) is 15.8 Å². The molecule has 2 aromatic rings. The van der Waals surface area contributed by atoms with Crippen molar-refractivity contribution >= 4 is 27.6 Å². The summed E-state index contributed by atoms with van der Waals surface area (Å²) in [6.45, 7) is 0.871. The van der Waals surface area contributed by atoms with Crippen molar-refractivity contribution in [3.05, 3.63) is 64.0 Å². The highest BCUT2D eigenvalue weighted by Gasteiger charge is 2.35. The van der Waals surface area contributed by atoms with Crippen LogP contribution < -0.4 is 10.2 Å². The van der Waals surface area contributed by atoms with Crippen molar-refractivity contribution in [3.63, 3.8) is 0 Å². The molecule has 2 saturated heterocycles. The standard InChI is InChI=1S/C19H18FN3O7S/c20-18-7-13(4-5-17(18)12-8-21-9-12)22-10-15(30-19(22)24)11-29-31(27,28)16-3-1-2-14(6-16)23(25)26/h1-7,12,15,21H,8-11H2. The van der Waals surface area contributed by atoms with Gasteiger partial charge in [0.05, 0.1) is 17.2 Å². The molecule has 4 rings (SSSR count). The number of nitrogens with one attached hydrogen (secondary N) is 1. The van der Waals surface area contributed by atoms with E-state index in [2.05, 4.69) is 5.32 Å². The highest BCUT2D eigenvalue weighted by Crippen LogP contribution is 2.29. The number of amides is 1. The van der Waals surface area contributed by atoms with Gasteiger partial charge in [-0.05, 0) is 23.8 Å². The van der Waals surface area contributed by atoms with Crippen molar-refractivity contribution < 1.29 is 31.4 Å². The molecule has 0 radical (unpaired) electrons. The molecule has 31 heavy (non-hydrogen) atoms. The molecule has 0 saturated carbocycles. The van der Waals surface area contributed by atoms with Gasteiger partial charge in [-0.1, -0.05) is 12.1 Å². The van der Waals surface area contributed by atoms with Crippen LogP contribution in [0.4, 0.5) is 20.6 Å². The number of cyclic esters (lactones) is 1. The van der Waals surface area contributed by atoms with Gasteiger partial charge < -0.3 is 10.1 Å². The zero-order valence-electron chi connectivity index (χ0n) is 16.1. The van der Waals surface area contributed by atoms with Gasteiger partial charge >= 0.3 is 6.09 Å². The predicted octanol–water partition coefficient (Wildman–Crippen LogP) is 2.15. The second-order valence-corrected chi connectivity index (χ2v) is 8.79. The SMILES string of the molecule is O=C1OC(COS(=O)(=O)c2cccc([N+](=O)[O-])c2)CN1c1ccc(C2CNC2)c(F)c1. The van der Waals surface area contributed by atoms with Crippen LogP contribution in [0.25, 0.3) is 0 Å². The zero-order valence-corrected chi connectivity index (χ0v) is 16.9. The van der Waals surface area contributed by atoms with E-state index in [0.717, 1.165) is 18.2 Å². The highest BCUT2D eigenvalue weighted by atomic mass is 32.2. The van der Waals surface area contributed by atoms with Crippen LogP contribution in [0, 0.1) is 15.9 Å². The average molecular weight is 451 g/mol. The highest BCUT2D eigenvalue weighted by molar-refractivity contribution is 7.86. The minimum Gasteiger partial charge on any atom is -0.441 e. The second kappa shape index (κ2) is 8.21. The first kappa shape index (κ1) is 21.2. The number of hydrogen-bond donors (Lipinski definition) is 1. The number of benzene rings is 2. The maximum Gasteiger partial charge on any atom is 0.414 e. The first-order chi connectivity index (χ1) is 14.7. The molecule has 2 aliphatic rings. The van der Waals surface area contributed by atoms with Crippen molar-refractivity contribution in [2.75, 3.05) is 31.1 Å². The molecule has 1 unspecified atom stereocenters. The van der Waals surface area contributed by atoms with Crippen LogP contribution >= 0.6 is 0 Å². The summed E-state index contributed by atoms with van der Waals surface area (Å²) in [6, 6.07) is 8.91. The van der Waals surface area contributed by atoms with Crippen molar-refractivity contribution in [1.82, 2.24) is 5.32 Å². The Morgan fingerprint density at radius 1 is 1.26 bits per heavy atom. The van der Waals surface area contributed by atoms with E-state index in [1.54, 1.807) is 12.1 Å².